The average Bonchev–Trinajstić information content (AvgIpc) is 1.35. The summed E-state index contributed by atoms with van der Waals surface area (Å²) in [6.45, 7) is 1.90. The molecule has 2 nitrogen and oxygen atoms in total. The van der Waals surface area contributed by atoms with Gasteiger partial charge in [-0.05, 0) is 6.42 Å². The van der Waals surface area contributed by atoms with Crippen molar-refractivity contribution in [1.29, 1.82) is 0 Å². The Morgan fingerprint density at radius 2 is 1.86 bits per heavy atom. The first kappa shape index (κ1) is 10.6. The van der Waals surface area contributed by atoms with E-state index in [9.17, 15) is 0 Å². The maximum absolute atomic E-state index is 8.11. The number of aliphatic hydroxyl groups excluding tert-OH is 1. The van der Waals surface area contributed by atoms with Crippen LogP contribution < -0.4 is 0 Å². The van der Waals surface area contributed by atoms with Gasteiger partial charge in [0.1, 0.15) is 0 Å². The average molecular weight is 138 g/mol. The smallest absolute Gasteiger partial charge is 0.151 e. The molecule has 0 radical (unpaired) electrons. The predicted molar refractivity (Wildman–Crippen MR) is 23.1 cm³/mol. The van der Waals surface area contributed by atoms with Gasteiger partial charge < -0.3 is 10.2 Å². The standard InChI is InChI=1S/C4H10O2.Ti/c1-2-3-4(5)6;/h4-6H,2-3H2,1H3;. The van der Waals surface area contributed by atoms with Crippen LogP contribution in [-0.2, 0) is 21.7 Å². The minimum absolute atomic E-state index is 0. The van der Waals surface area contributed by atoms with Crippen LogP contribution >= 0.6 is 0 Å². The van der Waals surface area contributed by atoms with E-state index in [1.54, 1.807) is 0 Å². The molecule has 0 rings (SSSR count). The van der Waals surface area contributed by atoms with Crippen molar-refractivity contribution >= 4 is 0 Å². The maximum Gasteiger partial charge on any atom is 0.151 e. The molecular formula is C4H10O2Ti. The van der Waals surface area contributed by atoms with Crippen molar-refractivity contribution in [2.45, 2.75) is 26.1 Å². The molecule has 0 heterocycles. The van der Waals surface area contributed by atoms with Crippen molar-refractivity contribution in [2.75, 3.05) is 0 Å². The third kappa shape index (κ3) is 10.8. The molecule has 0 saturated carbocycles. The van der Waals surface area contributed by atoms with E-state index in [1.165, 1.54) is 0 Å². The van der Waals surface area contributed by atoms with Crippen LogP contribution in [0.4, 0.5) is 0 Å². The summed E-state index contributed by atoms with van der Waals surface area (Å²) < 4.78 is 0. The van der Waals surface area contributed by atoms with Gasteiger partial charge in [-0.15, -0.1) is 0 Å². The molecule has 0 aliphatic heterocycles. The maximum atomic E-state index is 8.11. The SMILES string of the molecule is CCCC(O)O.[Ti]. The molecule has 0 unspecified atom stereocenters. The van der Waals surface area contributed by atoms with E-state index in [4.69, 9.17) is 10.2 Å². The van der Waals surface area contributed by atoms with Gasteiger partial charge in [0, 0.05) is 21.7 Å². The molecule has 2 N–H and O–H groups in total. The Morgan fingerprint density at radius 3 is 1.86 bits per heavy atom. The number of aliphatic hydroxyl groups is 2. The van der Waals surface area contributed by atoms with E-state index >= 15 is 0 Å². The first-order chi connectivity index (χ1) is 2.77. The van der Waals surface area contributed by atoms with Crippen LogP contribution in [0.5, 0.6) is 0 Å². The molecule has 0 aromatic heterocycles. The van der Waals surface area contributed by atoms with Crippen molar-refractivity contribution in [3.05, 3.63) is 0 Å². The topological polar surface area (TPSA) is 40.5 Å². The van der Waals surface area contributed by atoms with E-state index in [1.807, 2.05) is 6.92 Å². The van der Waals surface area contributed by atoms with Gasteiger partial charge in [0.25, 0.3) is 0 Å². The van der Waals surface area contributed by atoms with Crippen LogP contribution in [0.2, 0.25) is 0 Å². The summed E-state index contributed by atoms with van der Waals surface area (Å²) in [6, 6.07) is 0. The van der Waals surface area contributed by atoms with E-state index in [0.29, 0.717) is 6.42 Å². The third-order valence-corrected chi connectivity index (χ3v) is 0.547. The van der Waals surface area contributed by atoms with Gasteiger partial charge in [-0.25, -0.2) is 0 Å². The Balaban J connectivity index is 0. The van der Waals surface area contributed by atoms with Crippen molar-refractivity contribution in [3.8, 4) is 0 Å². The fourth-order valence-corrected chi connectivity index (χ4v) is 0.258. The molecule has 0 amide bonds. The number of hydrogen-bond acceptors (Lipinski definition) is 2. The van der Waals surface area contributed by atoms with Crippen LogP contribution in [-0.4, -0.2) is 16.5 Å². The second kappa shape index (κ2) is 6.63. The van der Waals surface area contributed by atoms with Gasteiger partial charge >= 0.3 is 0 Å². The van der Waals surface area contributed by atoms with Crippen molar-refractivity contribution in [2.24, 2.45) is 0 Å². The summed E-state index contributed by atoms with van der Waals surface area (Å²) >= 11 is 0. The predicted octanol–water partition coefficient (Wildman–Crippen LogP) is 0.0947. The van der Waals surface area contributed by atoms with Crippen LogP contribution in [0.25, 0.3) is 0 Å². The number of rotatable bonds is 2. The van der Waals surface area contributed by atoms with Crippen LogP contribution in [0.15, 0.2) is 0 Å². The molecule has 0 aliphatic carbocycles. The molecule has 42 valence electrons. The largest absolute Gasteiger partial charge is 0.368 e. The molecule has 0 bridgehead atoms. The summed E-state index contributed by atoms with van der Waals surface area (Å²) in [4.78, 5) is 0. The summed E-state index contributed by atoms with van der Waals surface area (Å²) in [5.41, 5.74) is 0. The van der Waals surface area contributed by atoms with Gasteiger partial charge in [0.15, 0.2) is 6.29 Å². The molecule has 0 aliphatic rings. The zero-order chi connectivity index (χ0) is 4.99. The summed E-state index contributed by atoms with van der Waals surface area (Å²) in [5, 5.41) is 16.2. The third-order valence-electron chi connectivity index (χ3n) is 0.547. The molecule has 3 heteroatoms. The van der Waals surface area contributed by atoms with Crippen molar-refractivity contribution in [3.63, 3.8) is 0 Å². The first-order valence-corrected chi connectivity index (χ1v) is 2.13. The normalized spacial score (nSPS) is 8.57. The van der Waals surface area contributed by atoms with Gasteiger partial charge in [0.05, 0.1) is 0 Å². The van der Waals surface area contributed by atoms with E-state index < -0.39 is 6.29 Å². The molecule has 0 aromatic carbocycles. The second-order valence-electron chi connectivity index (χ2n) is 1.27. The van der Waals surface area contributed by atoms with Crippen LogP contribution in [0.3, 0.4) is 0 Å². The Kier molecular flexibility index (Phi) is 10.0. The quantitative estimate of drug-likeness (QED) is 0.419. The fourth-order valence-electron chi connectivity index (χ4n) is 0.258. The summed E-state index contributed by atoms with van der Waals surface area (Å²) in [7, 11) is 0. The fraction of sp³-hybridized carbons (Fsp3) is 1.00. The summed E-state index contributed by atoms with van der Waals surface area (Å²) in [6.07, 6.45) is 0.215. The van der Waals surface area contributed by atoms with Crippen molar-refractivity contribution < 1.29 is 31.9 Å². The van der Waals surface area contributed by atoms with Gasteiger partial charge in [-0.2, -0.15) is 0 Å². The van der Waals surface area contributed by atoms with Gasteiger partial charge in [-0.3, -0.25) is 0 Å². The molecule has 0 fully saturated rings. The van der Waals surface area contributed by atoms with E-state index in [2.05, 4.69) is 0 Å². The molecule has 7 heavy (non-hydrogen) atoms. The zero-order valence-corrected chi connectivity index (χ0v) is 5.95. The second-order valence-corrected chi connectivity index (χ2v) is 1.27. The Bertz CT molecular complexity index is 30.9. The Morgan fingerprint density at radius 1 is 1.43 bits per heavy atom. The van der Waals surface area contributed by atoms with Crippen LogP contribution in [0, 0.1) is 0 Å². The van der Waals surface area contributed by atoms with Crippen molar-refractivity contribution in [1.82, 2.24) is 0 Å². The zero-order valence-electron chi connectivity index (χ0n) is 4.39. The molecule has 0 saturated heterocycles. The molecule has 0 spiro atoms. The van der Waals surface area contributed by atoms with Crippen LogP contribution in [0.1, 0.15) is 19.8 Å². The Labute approximate surface area is 58.4 Å². The van der Waals surface area contributed by atoms with E-state index in [-0.39, 0.29) is 21.7 Å². The minimum Gasteiger partial charge on any atom is -0.368 e. The van der Waals surface area contributed by atoms with Gasteiger partial charge in [0.2, 0.25) is 0 Å². The molecule has 0 aromatic rings. The monoisotopic (exact) mass is 138 g/mol. The molecular weight excluding hydrogens is 128 g/mol. The molecule has 0 atom stereocenters. The number of hydrogen-bond donors (Lipinski definition) is 2. The van der Waals surface area contributed by atoms with Gasteiger partial charge in [-0.1, -0.05) is 13.3 Å². The first-order valence-electron chi connectivity index (χ1n) is 2.13. The van der Waals surface area contributed by atoms with E-state index in [0.717, 1.165) is 6.42 Å². The minimum atomic E-state index is -1.10. The summed E-state index contributed by atoms with van der Waals surface area (Å²) in [5.74, 6) is 0. The Hall–Kier alpha value is 0.634.